The molecule has 8 rings (SSSR count). The molecule has 0 saturated carbocycles. The lowest BCUT2D eigenvalue weighted by atomic mass is 10.1. The van der Waals surface area contributed by atoms with Crippen LogP contribution in [-0.2, 0) is 101 Å². The van der Waals surface area contributed by atoms with Gasteiger partial charge in [0.1, 0.15) is 36.7 Å². The number of nitrogen functional groups attached to an aromatic ring is 1. The third-order valence-electron chi connectivity index (χ3n) is 17.2. The average molecular weight is 1740 g/mol. The summed E-state index contributed by atoms with van der Waals surface area (Å²) in [5.41, 5.74) is 19.3. The highest BCUT2D eigenvalue weighted by Crippen LogP contribution is 2.36. The van der Waals surface area contributed by atoms with E-state index in [4.69, 9.17) is 105 Å². The number of carboxylic acids is 1. The number of carbonyl (C=O) groups is 7. The number of rotatable bonds is 42. The first-order chi connectivity index (χ1) is 56.3. The monoisotopic (exact) mass is 1740 g/mol. The Morgan fingerprint density at radius 1 is 0.530 bits per heavy atom. The van der Waals surface area contributed by atoms with E-state index in [9.17, 15) is 38.7 Å². The van der Waals surface area contributed by atoms with Gasteiger partial charge in [0.15, 0.2) is 28.4 Å². The Labute approximate surface area is 689 Å². The van der Waals surface area contributed by atoms with E-state index in [1.165, 1.54) is 34.0 Å². The number of hydrogen-bond donors (Lipinski definition) is 11. The highest BCUT2D eigenvalue weighted by atomic mass is 28.4. The summed E-state index contributed by atoms with van der Waals surface area (Å²) in [5.74, 6) is -2.35. The molecule has 0 spiro atoms. The standard InChI is InChI=1S/C21H34N6O7Si.C18H19N5O3.C10H21NO6Si.C9H23NO3Si.C6H17NO3Si.C4H4O3.3CH4O/c1-5-14-15(11-17(33-14)27-13-26-19-20(22)24-12-25-21(19)27)34-18(29)8-7-16(28)23-9-6-10-35(30-2,31-3)32-4;1-2-13-12(24)8-14(26-13)23-10-21-15-16(19-9-20-17(15)23)22-18(25)11-6-4-3-5-7-11;1-15-18(16-2,17-3)8-4-7-11-9(12)5-6-10(13)14;1-4-11-14(12-5-2,13-6-3)9-7-8-10;1-8-11(9-2,10-3)6-4-5-7;5-3-1-2-4(6)7-3;3*1-2/h12-15,17H,5-11H2,1-4H3,(H,23,28)(H2,22,24,25);3-7,9-10,12-14,24H,2,8H2,1H3,(H,19,20,22,25);4-8H2,1-3H3,(H,11,12)(H,13,14);4-10H2,1-3H3;4-7H2,1-3H3;1-2H2;3*2H,1H3/t14-,15?,17-;12?,13-,14-;;;;;;;/m11......./s1. The molecule has 117 heavy (non-hydrogen) atoms. The van der Waals surface area contributed by atoms with Crippen molar-refractivity contribution in [3.05, 3.63) is 61.2 Å². The van der Waals surface area contributed by atoms with Gasteiger partial charge in [-0.15, -0.1) is 0 Å². The maximum Gasteiger partial charge on any atom is 0.500 e. The molecule has 3 fully saturated rings. The second-order valence-corrected chi connectivity index (χ2v) is 36.4. The fourth-order valence-corrected chi connectivity index (χ4v) is 19.1. The fraction of sp³-hybridized carbons (Fsp3) is 0.676. The molecule has 42 nitrogen and oxygen atoms in total. The molecule has 2 unspecified atom stereocenters. The zero-order valence-corrected chi connectivity index (χ0v) is 74.8. The minimum Gasteiger partial charge on any atom is -0.481 e. The van der Waals surface area contributed by atoms with Crippen LogP contribution in [-0.4, -0.2) is 297 Å². The van der Waals surface area contributed by atoms with Crippen LogP contribution >= 0.6 is 0 Å². The molecule has 3 aliphatic heterocycles. The van der Waals surface area contributed by atoms with Gasteiger partial charge in [0.2, 0.25) is 11.8 Å². The molecule has 3 aliphatic rings. The lowest BCUT2D eigenvalue weighted by Gasteiger charge is -2.28. The smallest absolute Gasteiger partial charge is 0.481 e. The number of nitrogens with zero attached hydrogens (tertiary/aromatic N) is 8. The van der Waals surface area contributed by atoms with Crippen LogP contribution in [0.25, 0.3) is 22.3 Å². The Morgan fingerprint density at radius 2 is 0.940 bits per heavy atom. The van der Waals surface area contributed by atoms with Crippen LogP contribution in [0, 0.1) is 0 Å². The van der Waals surface area contributed by atoms with Gasteiger partial charge in [-0.1, -0.05) is 32.0 Å². The lowest BCUT2D eigenvalue weighted by Crippen LogP contribution is -2.46. The van der Waals surface area contributed by atoms with E-state index in [1.54, 1.807) is 88.7 Å². The summed E-state index contributed by atoms with van der Waals surface area (Å²) in [4.78, 5) is 104. The van der Waals surface area contributed by atoms with Crippen LogP contribution in [0.1, 0.15) is 147 Å². The number of benzene rings is 1. The number of imidazole rings is 2. The third kappa shape index (κ3) is 38.7. The predicted octanol–water partition coefficient (Wildman–Crippen LogP) is 3.83. The van der Waals surface area contributed by atoms with E-state index < -0.39 is 77.5 Å². The number of aliphatic hydroxyl groups is 4. The molecule has 0 aliphatic carbocycles. The van der Waals surface area contributed by atoms with Gasteiger partial charge in [-0.3, -0.25) is 42.7 Å². The van der Waals surface area contributed by atoms with E-state index in [2.05, 4.69) is 50.6 Å². The predicted molar refractivity (Wildman–Crippen MR) is 437 cm³/mol. The molecule has 6 atom stereocenters. The third-order valence-corrected chi connectivity index (χ3v) is 28.9. The molecule has 14 N–H and O–H groups in total. The summed E-state index contributed by atoms with van der Waals surface area (Å²) < 4.78 is 89.5. The summed E-state index contributed by atoms with van der Waals surface area (Å²) in [5, 5.41) is 47.7. The molecule has 5 aromatic rings. The van der Waals surface area contributed by atoms with Crippen molar-refractivity contribution in [1.82, 2.24) is 49.7 Å². The van der Waals surface area contributed by atoms with Crippen LogP contribution in [0.15, 0.2) is 55.6 Å². The lowest BCUT2D eigenvalue weighted by molar-refractivity contribution is -0.153. The number of hydrogen-bond acceptors (Lipinski definition) is 36. The van der Waals surface area contributed by atoms with E-state index in [1.807, 2.05) is 40.7 Å². The molecule has 1 aromatic carbocycles. The maximum atomic E-state index is 12.4. The SMILES string of the molecule is CCO[Si](CCCN)(OCC)OCC.CC[C@H]1O[C@@H](n2cnc3c(N)ncnc32)CC1OC(=O)CCC(=O)NCCC[Si](OC)(OC)OC.CC[C@H]1O[C@@H](n2cnc3c(NC(=O)c4ccccc4)ncnc32)CC1O.CO.CO.CO.CO[Si](CCCN)(OC)OC.CO[Si](CCCNC(=O)CCC(=O)O)(OC)OC.O=C1CCC(=O)O1. The number of anilines is 2. The average Bonchev–Trinajstić information content (AvgIpc) is 1.64. The van der Waals surface area contributed by atoms with Gasteiger partial charge in [-0.25, -0.2) is 29.9 Å². The van der Waals surface area contributed by atoms with Gasteiger partial charge in [-0.05, 0) is 84.5 Å². The van der Waals surface area contributed by atoms with Crippen molar-refractivity contribution in [2.24, 2.45) is 11.5 Å². The fourth-order valence-electron chi connectivity index (χ4n) is 11.3. The molecule has 3 amide bonds. The number of ether oxygens (including phenoxy) is 4. The highest BCUT2D eigenvalue weighted by molar-refractivity contribution is 6.61. The number of cyclic esters (lactones) is 2. The van der Waals surface area contributed by atoms with Crippen LogP contribution in [0.2, 0.25) is 24.2 Å². The first-order valence-electron chi connectivity index (χ1n) is 38.1. The number of nitrogens with one attached hydrogen (secondary N) is 3. The van der Waals surface area contributed by atoms with Crippen LogP contribution < -0.4 is 33.2 Å². The Morgan fingerprint density at radius 3 is 1.35 bits per heavy atom. The summed E-state index contributed by atoms with van der Waals surface area (Å²) in [6.45, 7) is 13.9. The quantitative estimate of drug-likeness (QED) is 0.0114. The Bertz CT molecular complexity index is 3490. The molecular formula is C71H130N14O28Si4. The van der Waals surface area contributed by atoms with Crippen LogP contribution in [0.4, 0.5) is 11.6 Å². The van der Waals surface area contributed by atoms with Crippen molar-refractivity contribution < 1.29 is 131 Å². The van der Waals surface area contributed by atoms with Gasteiger partial charge in [0.05, 0.1) is 56.6 Å². The molecule has 668 valence electrons. The van der Waals surface area contributed by atoms with E-state index in [-0.39, 0.29) is 80.5 Å². The Balaban J connectivity index is 0.00000145. The minimum atomic E-state index is -2.66. The van der Waals surface area contributed by atoms with Gasteiger partial charge >= 0.3 is 59.1 Å². The molecular weight excluding hydrogens is 1610 g/mol. The largest absolute Gasteiger partial charge is 0.500 e. The molecule has 4 aromatic heterocycles. The summed E-state index contributed by atoms with van der Waals surface area (Å²) in [7, 11) is 7.12. The zero-order valence-electron chi connectivity index (χ0n) is 70.8. The number of fused-ring (bicyclic) bond motifs is 2. The summed E-state index contributed by atoms with van der Waals surface area (Å²) in [6, 6.07) is 11.7. The number of esters is 3. The number of aromatic nitrogens is 8. The van der Waals surface area contributed by atoms with Crippen molar-refractivity contribution in [3.63, 3.8) is 0 Å². The van der Waals surface area contributed by atoms with Crippen molar-refractivity contribution in [2.45, 2.75) is 186 Å². The molecule has 46 heteroatoms. The number of carboxylic acid groups (broad SMARTS) is 1. The van der Waals surface area contributed by atoms with Crippen molar-refractivity contribution in [3.8, 4) is 0 Å². The number of nitrogens with two attached hydrogens (primary N) is 3. The molecule has 3 saturated heterocycles. The second kappa shape index (κ2) is 62.8. The number of amides is 3. The first kappa shape index (κ1) is 110. The Kier molecular flexibility index (Phi) is 58.8. The first-order valence-corrected chi connectivity index (χ1v) is 45.8. The van der Waals surface area contributed by atoms with Gasteiger partial charge in [0, 0.05) is 174 Å². The minimum absolute atomic E-state index is 0.00324. The number of aliphatic carboxylic acids is 1. The van der Waals surface area contributed by atoms with Crippen LogP contribution in [0.3, 0.4) is 0 Å². The molecule has 0 radical (unpaired) electrons. The van der Waals surface area contributed by atoms with Crippen molar-refractivity contribution in [2.75, 3.05) is 142 Å². The van der Waals surface area contributed by atoms with E-state index in [0.717, 1.165) is 52.7 Å². The molecule has 0 bridgehead atoms. The Hall–Kier alpha value is -7.32. The van der Waals surface area contributed by atoms with Gasteiger partial charge in [-0.2, -0.15) is 0 Å². The van der Waals surface area contributed by atoms with Gasteiger partial charge in [0.25, 0.3) is 5.91 Å². The normalized spacial score (nSPS) is 16.7. The molecule has 7 heterocycles. The van der Waals surface area contributed by atoms with E-state index >= 15 is 0 Å². The second-order valence-electron chi connectivity index (χ2n) is 24.4. The van der Waals surface area contributed by atoms with Crippen molar-refractivity contribution in [1.29, 1.82) is 0 Å². The van der Waals surface area contributed by atoms with Crippen molar-refractivity contribution >= 4 is 111 Å². The number of carbonyl (C=O) groups excluding carboxylic acids is 6. The topological polar surface area (TPSA) is 570 Å². The highest BCUT2D eigenvalue weighted by Gasteiger charge is 2.42. The number of aliphatic hydroxyl groups excluding tert-OH is 4. The van der Waals surface area contributed by atoms with Crippen LogP contribution in [0.5, 0.6) is 0 Å². The maximum absolute atomic E-state index is 12.4. The van der Waals surface area contributed by atoms with Gasteiger partial charge < -0.3 is 131 Å². The zero-order chi connectivity index (χ0) is 88.4. The van der Waals surface area contributed by atoms with E-state index in [0.29, 0.717) is 124 Å². The summed E-state index contributed by atoms with van der Waals surface area (Å²) >= 11 is 0. The summed E-state index contributed by atoms with van der Waals surface area (Å²) in [6.07, 6.45) is 9.54.